The van der Waals surface area contributed by atoms with E-state index in [0.29, 0.717) is 0 Å². The molecule has 0 aromatic carbocycles. The lowest BCUT2D eigenvalue weighted by Crippen LogP contribution is -2.55. The normalized spacial score (nSPS) is 26.1. The second-order valence-corrected chi connectivity index (χ2v) is 4.25. The number of rotatable bonds is 5. The molecule has 1 aliphatic rings. The van der Waals surface area contributed by atoms with E-state index < -0.39 is 17.6 Å². The summed E-state index contributed by atoms with van der Waals surface area (Å²) in [5.74, 6) is -1.28. The summed E-state index contributed by atoms with van der Waals surface area (Å²) in [5.41, 5.74) is -0.630. The molecule has 5 nitrogen and oxygen atoms in total. The number of nitrogens with one attached hydrogen (secondary N) is 2. The second kappa shape index (κ2) is 5.12. The summed E-state index contributed by atoms with van der Waals surface area (Å²) in [7, 11) is 0. The summed E-state index contributed by atoms with van der Waals surface area (Å²) >= 11 is 0. The Hall–Kier alpha value is -1.36. The SMILES string of the molecule is C=CCC(NC(=O)C1(C)CCCN1)C(=O)O. The lowest BCUT2D eigenvalue weighted by Gasteiger charge is -2.25. The predicted molar refractivity (Wildman–Crippen MR) is 60.0 cm³/mol. The zero-order chi connectivity index (χ0) is 12.2. The molecule has 0 saturated carbocycles. The van der Waals surface area contributed by atoms with Gasteiger partial charge in [0.05, 0.1) is 5.54 Å². The quantitative estimate of drug-likeness (QED) is 0.588. The number of hydrogen-bond donors (Lipinski definition) is 3. The van der Waals surface area contributed by atoms with E-state index in [1.54, 1.807) is 6.92 Å². The lowest BCUT2D eigenvalue weighted by atomic mass is 9.98. The molecule has 90 valence electrons. The zero-order valence-electron chi connectivity index (χ0n) is 9.45. The summed E-state index contributed by atoms with van der Waals surface area (Å²) in [6.45, 7) is 6.06. The van der Waals surface area contributed by atoms with Crippen LogP contribution in [0.25, 0.3) is 0 Å². The molecule has 1 aliphatic heterocycles. The monoisotopic (exact) mass is 226 g/mol. The number of aliphatic carboxylic acids is 1. The fraction of sp³-hybridized carbons (Fsp3) is 0.636. The number of amides is 1. The molecule has 1 heterocycles. The highest BCUT2D eigenvalue weighted by molar-refractivity contribution is 5.90. The lowest BCUT2D eigenvalue weighted by molar-refractivity contribution is -0.142. The Bertz CT molecular complexity index is 296. The van der Waals surface area contributed by atoms with E-state index in [1.807, 2.05) is 0 Å². The van der Waals surface area contributed by atoms with Gasteiger partial charge >= 0.3 is 5.97 Å². The van der Waals surface area contributed by atoms with Gasteiger partial charge in [0.1, 0.15) is 6.04 Å². The third-order valence-corrected chi connectivity index (χ3v) is 2.88. The van der Waals surface area contributed by atoms with Crippen LogP contribution in [0.5, 0.6) is 0 Å². The Balaban J connectivity index is 2.60. The van der Waals surface area contributed by atoms with E-state index >= 15 is 0 Å². The first kappa shape index (κ1) is 12.7. The minimum atomic E-state index is -1.03. The first-order valence-electron chi connectivity index (χ1n) is 5.39. The maximum Gasteiger partial charge on any atom is 0.326 e. The van der Waals surface area contributed by atoms with Crippen molar-refractivity contribution >= 4 is 11.9 Å². The van der Waals surface area contributed by atoms with Crippen LogP contribution >= 0.6 is 0 Å². The average Bonchev–Trinajstić information content (AvgIpc) is 2.65. The Morgan fingerprint density at radius 3 is 2.81 bits per heavy atom. The van der Waals surface area contributed by atoms with E-state index in [-0.39, 0.29) is 12.3 Å². The number of carboxylic acid groups (broad SMARTS) is 1. The summed E-state index contributed by atoms with van der Waals surface area (Å²) < 4.78 is 0. The molecule has 1 rings (SSSR count). The van der Waals surface area contributed by atoms with Gasteiger partial charge in [-0.25, -0.2) is 4.79 Å². The Morgan fingerprint density at radius 2 is 2.38 bits per heavy atom. The summed E-state index contributed by atoms with van der Waals surface area (Å²) in [5, 5.41) is 14.5. The maximum atomic E-state index is 11.9. The number of carboxylic acids is 1. The van der Waals surface area contributed by atoms with Gasteiger partial charge in [-0.1, -0.05) is 6.08 Å². The first-order chi connectivity index (χ1) is 7.49. The molecule has 1 amide bonds. The standard InChI is InChI=1S/C11H18N2O3/c1-3-5-8(9(14)15)13-10(16)11(2)6-4-7-12-11/h3,8,12H,1,4-7H2,2H3,(H,13,16)(H,14,15). The minimum absolute atomic E-state index is 0.233. The molecule has 5 heteroatoms. The molecule has 0 bridgehead atoms. The molecular formula is C11H18N2O3. The van der Waals surface area contributed by atoms with Crippen LogP contribution in [-0.2, 0) is 9.59 Å². The molecular weight excluding hydrogens is 208 g/mol. The van der Waals surface area contributed by atoms with Crippen LogP contribution < -0.4 is 10.6 Å². The highest BCUT2D eigenvalue weighted by Gasteiger charge is 2.37. The van der Waals surface area contributed by atoms with Crippen LogP contribution in [0.4, 0.5) is 0 Å². The molecule has 0 aromatic rings. The Morgan fingerprint density at radius 1 is 1.69 bits per heavy atom. The molecule has 3 N–H and O–H groups in total. The van der Waals surface area contributed by atoms with Crippen molar-refractivity contribution in [3.8, 4) is 0 Å². The van der Waals surface area contributed by atoms with Crippen LogP contribution in [0.1, 0.15) is 26.2 Å². The van der Waals surface area contributed by atoms with Gasteiger partial charge in [-0.3, -0.25) is 4.79 Å². The molecule has 0 aliphatic carbocycles. The largest absolute Gasteiger partial charge is 0.480 e. The van der Waals surface area contributed by atoms with E-state index in [0.717, 1.165) is 19.4 Å². The zero-order valence-corrected chi connectivity index (χ0v) is 9.45. The van der Waals surface area contributed by atoms with E-state index in [2.05, 4.69) is 17.2 Å². The smallest absolute Gasteiger partial charge is 0.326 e. The molecule has 1 fully saturated rings. The third-order valence-electron chi connectivity index (χ3n) is 2.88. The Labute approximate surface area is 94.9 Å². The van der Waals surface area contributed by atoms with Crippen LogP contribution in [-0.4, -0.2) is 35.1 Å². The fourth-order valence-corrected chi connectivity index (χ4v) is 1.79. The number of hydrogen-bond acceptors (Lipinski definition) is 3. The van der Waals surface area contributed by atoms with Gasteiger partial charge in [-0.15, -0.1) is 6.58 Å². The minimum Gasteiger partial charge on any atom is -0.480 e. The van der Waals surface area contributed by atoms with Gasteiger partial charge in [-0.05, 0) is 32.7 Å². The number of carbonyl (C=O) groups is 2. The molecule has 1 saturated heterocycles. The number of carbonyl (C=O) groups excluding carboxylic acids is 1. The molecule has 2 unspecified atom stereocenters. The van der Waals surface area contributed by atoms with Crippen molar-refractivity contribution in [3.63, 3.8) is 0 Å². The van der Waals surface area contributed by atoms with Crippen LogP contribution in [0.3, 0.4) is 0 Å². The summed E-state index contributed by atoms with van der Waals surface area (Å²) in [4.78, 5) is 22.7. The molecule has 16 heavy (non-hydrogen) atoms. The van der Waals surface area contributed by atoms with E-state index in [4.69, 9.17) is 5.11 Å². The molecule has 2 atom stereocenters. The van der Waals surface area contributed by atoms with Crippen molar-refractivity contribution in [2.75, 3.05) is 6.54 Å². The van der Waals surface area contributed by atoms with Gasteiger partial charge in [0.2, 0.25) is 5.91 Å². The van der Waals surface area contributed by atoms with Crippen molar-refractivity contribution in [1.82, 2.24) is 10.6 Å². The first-order valence-corrected chi connectivity index (χ1v) is 5.39. The average molecular weight is 226 g/mol. The summed E-state index contributed by atoms with van der Waals surface area (Å²) in [6, 6.07) is -0.885. The van der Waals surface area contributed by atoms with Crippen molar-refractivity contribution in [2.45, 2.75) is 37.8 Å². The predicted octanol–water partition coefficient (Wildman–Crippen LogP) is 0.274. The van der Waals surface area contributed by atoms with Crippen molar-refractivity contribution in [1.29, 1.82) is 0 Å². The fourth-order valence-electron chi connectivity index (χ4n) is 1.79. The van der Waals surface area contributed by atoms with Gasteiger partial charge in [-0.2, -0.15) is 0 Å². The molecule has 0 radical (unpaired) electrons. The third kappa shape index (κ3) is 2.82. The highest BCUT2D eigenvalue weighted by Crippen LogP contribution is 2.18. The van der Waals surface area contributed by atoms with Crippen LogP contribution in [0.15, 0.2) is 12.7 Å². The topological polar surface area (TPSA) is 78.4 Å². The van der Waals surface area contributed by atoms with Gasteiger partial charge in [0.25, 0.3) is 0 Å². The molecule has 0 aromatic heterocycles. The van der Waals surface area contributed by atoms with E-state index in [1.165, 1.54) is 6.08 Å². The van der Waals surface area contributed by atoms with Gasteiger partial charge < -0.3 is 15.7 Å². The van der Waals surface area contributed by atoms with Crippen molar-refractivity contribution in [3.05, 3.63) is 12.7 Å². The second-order valence-electron chi connectivity index (χ2n) is 4.25. The van der Waals surface area contributed by atoms with Crippen molar-refractivity contribution < 1.29 is 14.7 Å². The van der Waals surface area contributed by atoms with Crippen LogP contribution in [0, 0.1) is 0 Å². The maximum absolute atomic E-state index is 11.9. The van der Waals surface area contributed by atoms with Crippen LogP contribution in [0.2, 0.25) is 0 Å². The highest BCUT2D eigenvalue weighted by atomic mass is 16.4. The Kier molecular flexibility index (Phi) is 4.06. The molecule has 0 spiro atoms. The van der Waals surface area contributed by atoms with Gasteiger partial charge in [0, 0.05) is 0 Å². The summed E-state index contributed by atoms with van der Waals surface area (Å²) in [6.07, 6.45) is 3.39. The van der Waals surface area contributed by atoms with E-state index in [9.17, 15) is 9.59 Å². The van der Waals surface area contributed by atoms with Crippen molar-refractivity contribution in [2.24, 2.45) is 0 Å². The van der Waals surface area contributed by atoms with Gasteiger partial charge in [0.15, 0.2) is 0 Å².